The number of nitrogens with one attached hydrogen (secondary N) is 1. The molecule has 0 unspecified atom stereocenters. The first kappa shape index (κ1) is 35.9. The number of anilines is 2. The van der Waals surface area contributed by atoms with Gasteiger partial charge in [0.15, 0.2) is 29.4 Å². The van der Waals surface area contributed by atoms with Crippen LogP contribution >= 0.6 is 0 Å². The number of rotatable bonds is 15. The summed E-state index contributed by atoms with van der Waals surface area (Å²) in [5, 5.41) is 5.91. The van der Waals surface area contributed by atoms with Gasteiger partial charge in [-0.1, -0.05) is 0 Å². The van der Waals surface area contributed by atoms with E-state index >= 15 is 4.39 Å². The van der Waals surface area contributed by atoms with Gasteiger partial charge in [-0.15, -0.1) is 0 Å². The van der Waals surface area contributed by atoms with Gasteiger partial charge < -0.3 is 29.0 Å². The topological polar surface area (TPSA) is 125 Å². The number of methoxy groups -OCH3 is 2. The highest BCUT2D eigenvalue weighted by Crippen LogP contribution is 2.37. The molecular weight excluding hydrogens is 659 g/mol. The Morgan fingerprint density at radius 1 is 0.900 bits per heavy atom. The lowest BCUT2D eigenvalue weighted by Gasteiger charge is -2.40. The van der Waals surface area contributed by atoms with Crippen LogP contribution in [0, 0.1) is 17.5 Å². The minimum Gasteiger partial charge on any atom is -0.487 e. The number of piperidine rings is 1. The van der Waals surface area contributed by atoms with Crippen LogP contribution in [0.3, 0.4) is 0 Å². The maximum atomic E-state index is 15.4. The summed E-state index contributed by atoms with van der Waals surface area (Å²) in [5.41, 5.74) is 0.531. The number of aromatic nitrogens is 2. The van der Waals surface area contributed by atoms with E-state index < -0.39 is 23.4 Å². The van der Waals surface area contributed by atoms with E-state index in [1.165, 1.54) is 30.5 Å². The third-order valence-electron chi connectivity index (χ3n) is 7.79. The predicted octanol–water partition coefficient (Wildman–Crippen LogP) is 5.82. The summed E-state index contributed by atoms with van der Waals surface area (Å²) in [6.07, 6.45) is 3.35. The van der Waals surface area contributed by atoms with Gasteiger partial charge in [-0.3, -0.25) is 19.6 Å². The summed E-state index contributed by atoms with van der Waals surface area (Å²) in [7, 11) is 4.62. The minimum absolute atomic E-state index is 0.0370. The number of aldehydes is 1. The average Bonchev–Trinajstić information content (AvgIpc) is 3.11. The molecule has 0 atom stereocenters. The Labute approximate surface area is 286 Å². The molecule has 1 N–H and O–H groups in total. The van der Waals surface area contributed by atoms with Crippen LogP contribution < -0.4 is 24.5 Å². The highest BCUT2D eigenvalue weighted by molar-refractivity contribution is 6.17. The molecule has 0 radical (unpaired) electrons. The van der Waals surface area contributed by atoms with Crippen molar-refractivity contribution in [3.63, 3.8) is 0 Å². The zero-order valence-electron chi connectivity index (χ0n) is 27.7. The molecule has 1 aliphatic rings. The highest BCUT2D eigenvalue weighted by atomic mass is 19.1. The van der Waals surface area contributed by atoms with Crippen LogP contribution in [0.5, 0.6) is 23.1 Å². The van der Waals surface area contributed by atoms with Crippen molar-refractivity contribution in [2.75, 3.05) is 64.6 Å². The molecule has 0 spiro atoms. The van der Waals surface area contributed by atoms with Gasteiger partial charge in [0, 0.05) is 51.7 Å². The molecule has 3 aromatic carbocycles. The normalized spacial score (nSPS) is 13.9. The number of halogens is 3. The molecule has 50 heavy (non-hydrogen) atoms. The molecule has 1 aromatic heterocycles. The predicted molar refractivity (Wildman–Crippen MR) is 178 cm³/mol. The lowest BCUT2D eigenvalue weighted by Crippen LogP contribution is -2.44. The Morgan fingerprint density at radius 2 is 1.64 bits per heavy atom. The minimum atomic E-state index is -0.827. The second-order valence-electron chi connectivity index (χ2n) is 11.1. The van der Waals surface area contributed by atoms with Crippen molar-refractivity contribution in [3.05, 3.63) is 83.6 Å². The van der Waals surface area contributed by atoms with Crippen LogP contribution in [0.25, 0.3) is 10.9 Å². The molecular formula is C35H36F3N5O7. The molecule has 0 saturated carbocycles. The molecule has 0 bridgehead atoms. The quantitative estimate of drug-likeness (QED) is 0.0532. The van der Waals surface area contributed by atoms with E-state index in [1.54, 1.807) is 31.4 Å². The van der Waals surface area contributed by atoms with Crippen LogP contribution in [0.2, 0.25) is 0 Å². The van der Waals surface area contributed by atoms with Gasteiger partial charge in [0.25, 0.3) is 5.91 Å². The number of benzene rings is 3. The molecule has 2 heterocycles. The van der Waals surface area contributed by atoms with Gasteiger partial charge >= 0.3 is 0 Å². The van der Waals surface area contributed by atoms with Crippen LogP contribution in [-0.2, 0) is 19.1 Å². The number of fused-ring (bicyclic) bond motifs is 1. The first-order valence-electron chi connectivity index (χ1n) is 15.7. The fourth-order valence-electron chi connectivity index (χ4n) is 5.32. The van der Waals surface area contributed by atoms with Gasteiger partial charge in [0.2, 0.25) is 5.88 Å². The first-order valence-corrected chi connectivity index (χ1v) is 15.7. The molecule has 1 saturated heterocycles. The number of carbonyl (C=O) groups excluding carboxylic acids is 2. The van der Waals surface area contributed by atoms with E-state index in [4.69, 9.17) is 23.7 Å². The van der Waals surface area contributed by atoms with Gasteiger partial charge in [-0.25, -0.2) is 23.1 Å². The van der Waals surface area contributed by atoms with Crippen molar-refractivity contribution in [1.82, 2.24) is 15.0 Å². The molecule has 5 rings (SSSR count). The number of hydrogen-bond acceptors (Lipinski definition) is 11. The molecule has 264 valence electrons. The average molecular weight is 696 g/mol. The fourth-order valence-corrected chi connectivity index (χ4v) is 5.32. The van der Waals surface area contributed by atoms with Crippen LogP contribution in [0.15, 0.2) is 66.1 Å². The molecule has 1 aliphatic heterocycles. The first-order chi connectivity index (χ1) is 24.2. The summed E-state index contributed by atoms with van der Waals surface area (Å²) < 4.78 is 71.6. The van der Waals surface area contributed by atoms with Crippen molar-refractivity contribution < 1.29 is 46.4 Å². The molecule has 0 aliphatic carbocycles. The van der Waals surface area contributed by atoms with E-state index in [0.29, 0.717) is 73.4 Å². The summed E-state index contributed by atoms with van der Waals surface area (Å²) in [6, 6.07) is 10.1. The summed E-state index contributed by atoms with van der Waals surface area (Å²) in [5.74, 6) is -2.31. The number of hydrogen-bond donors (Lipinski definition) is 1. The van der Waals surface area contributed by atoms with Crippen molar-refractivity contribution in [2.24, 2.45) is 0 Å². The van der Waals surface area contributed by atoms with E-state index in [0.717, 1.165) is 24.3 Å². The van der Waals surface area contributed by atoms with Crippen molar-refractivity contribution >= 4 is 34.5 Å². The van der Waals surface area contributed by atoms with E-state index in [-0.39, 0.29) is 41.8 Å². The summed E-state index contributed by atoms with van der Waals surface area (Å²) >= 11 is 0. The number of ether oxygens (including phenoxy) is 5. The zero-order valence-corrected chi connectivity index (χ0v) is 27.7. The molecule has 1 fully saturated rings. The largest absolute Gasteiger partial charge is 0.487 e. The van der Waals surface area contributed by atoms with Crippen molar-refractivity contribution in [1.29, 1.82) is 0 Å². The van der Waals surface area contributed by atoms with Crippen molar-refractivity contribution in [3.8, 4) is 23.1 Å². The number of allylic oxidation sites excluding steroid dienone is 1. The maximum absolute atomic E-state index is 15.4. The summed E-state index contributed by atoms with van der Waals surface area (Å²) in [4.78, 5) is 34.1. The van der Waals surface area contributed by atoms with Gasteiger partial charge in [0.05, 0.1) is 35.5 Å². The number of hydrazine groups is 1. The smallest absolute Gasteiger partial charge is 0.260 e. The van der Waals surface area contributed by atoms with Crippen LogP contribution in [0.1, 0.15) is 19.3 Å². The standard InChI is InChI=1S/C35H36F3N5O7/c1-42(30-16-22(36)7-9-26(30)37)43-11-5-4-6-29(43)25(20-44)34(45)41-23-8-10-31(27(38)17-23)50-35-24-18-32(48-14-12-46-2)33(49-15-13-47-3)19-28(24)39-21-40-35/h7-10,16-21H,4-6,11-15H2,1-3H3,(H,41,45)/b29-25+. The third-order valence-corrected chi connectivity index (χ3v) is 7.79. The van der Waals surface area contributed by atoms with Gasteiger partial charge in [0.1, 0.15) is 36.7 Å². The Morgan fingerprint density at radius 3 is 2.34 bits per heavy atom. The van der Waals surface area contributed by atoms with E-state index in [1.807, 2.05) is 0 Å². The zero-order chi connectivity index (χ0) is 35.6. The molecule has 12 nitrogen and oxygen atoms in total. The van der Waals surface area contributed by atoms with Crippen LogP contribution in [-0.4, -0.2) is 81.4 Å². The SMILES string of the molecule is COCCOc1cc2ncnc(Oc3ccc(NC(=O)/C(C=O)=C4\CCCCN4N(C)c4cc(F)ccc4F)cc3F)c2cc1OCCOC. The summed E-state index contributed by atoms with van der Waals surface area (Å²) in [6.45, 7) is 1.53. The fraction of sp³-hybridized carbons (Fsp3) is 0.314. The Bertz CT molecular complexity index is 1880. The molecule has 1 amide bonds. The molecule has 15 heteroatoms. The number of amides is 1. The van der Waals surface area contributed by atoms with E-state index in [9.17, 15) is 18.4 Å². The number of nitrogens with zero attached hydrogens (tertiary/aromatic N) is 4. The van der Waals surface area contributed by atoms with Gasteiger partial charge in [-0.05, 0) is 49.6 Å². The van der Waals surface area contributed by atoms with Crippen LogP contribution in [0.4, 0.5) is 24.5 Å². The second kappa shape index (κ2) is 16.8. The Balaban J connectivity index is 1.37. The van der Waals surface area contributed by atoms with Crippen molar-refractivity contribution in [2.45, 2.75) is 19.3 Å². The number of carbonyl (C=O) groups is 2. The second-order valence-corrected chi connectivity index (χ2v) is 11.1. The monoisotopic (exact) mass is 695 g/mol. The van der Waals surface area contributed by atoms with Gasteiger partial charge in [-0.2, -0.15) is 0 Å². The highest BCUT2D eigenvalue weighted by Gasteiger charge is 2.27. The Kier molecular flexibility index (Phi) is 12.1. The lowest BCUT2D eigenvalue weighted by atomic mass is 10.0. The molecule has 4 aromatic rings. The maximum Gasteiger partial charge on any atom is 0.260 e. The Hall–Kier alpha value is -5.41. The van der Waals surface area contributed by atoms with E-state index in [2.05, 4.69) is 15.3 Å². The lowest BCUT2D eigenvalue weighted by molar-refractivity contribution is -0.115. The third kappa shape index (κ3) is 8.41.